The lowest BCUT2D eigenvalue weighted by atomic mass is 10.2. The summed E-state index contributed by atoms with van der Waals surface area (Å²) in [6.07, 6.45) is -0.560. The van der Waals surface area contributed by atoms with Crippen molar-refractivity contribution in [3.63, 3.8) is 0 Å². The first-order valence-electron chi connectivity index (χ1n) is 5.57. The van der Waals surface area contributed by atoms with Crippen molar-refractivity contribution >= 4 is 22.8 Å². The second-order valence-corrected chi connectivity index (χ2v) is 3.60. The number of hydrogen-bond donors (Lipinski definition) is 2. The lowest BCUT2D eigenvalue weighted by molar-refractivity contribution is 0.149. The summed E-state index contributed by atoms with van der Waals surface area (Å²) in [5, 5.41) is 0.978. The van der Waals surface area contributed by atoms with E-state index in [2.05, 4.69) is 17.4 Å². The Morgan fingerprint density at radius 2 is 2.17 bits per heavy atom. The predicted octanol–water partition coefficient (Wildman–Crippen LogP) is 2.65. The van der Waals surface area contributed by atoms with Crippen LogP contribution in [-0.2, 0) is 4.74 Å². The van der Waals surface area contributed by atoms with Crippen LogP contribution in [0.4, 0.5) is 4.79 Å². The van der Waals surface area contributed by atoms with Crippen LogP contribution in [0.3, 0.4) is 0 Å². The first-order valence-corrected chi connectivity index (χ1v) is 5.57. The molecule has 1 aromatic carbocycles. The van der Waals surface area contributed by atoms with Crippen molar-refractivity contribution < 1.29 is 13.9 Å². The van der Waals surface area contributed by atoms with Crippen molar-refractivity contribution in [1.82, 2.24) is 10.9 Å². The molecule has 0 atom stereocenters. The number of para-hydroxylation sites is 1. The SMILES string of the molecule is C=C(NNC(=O)OCC)c1cc2ccccc2o1. The van der Waals surface area contributed by atoms with Gasteiger partial charge in [-0.2, -0.15) is 0 Å². The zero-order chi connectivity index (χ0) is 13.0. The molecule has 0 aliphatic heterocycles. The van der Waals surface area contributed by atoms with E-state index < -0.39 is 6.09 Å². The second-order valence-electron chi connectivity index (χ2n) is 3.60. The maximum Gasteiger partial charge on any atom is 0.425 e. The van der Waals surface area contributed by atoms with Gasteiger partial charge in [0.2, 0.25) is 0 Å². The van der Waals surface area contributed by atoms with Crippen molar-refractivity contribution in [2.24, 2.45) is 0 Å². The molecule has 1 heterocycles. The monoisotopic (exact) mass is 246 g/mol. The molecular formula is C13H14N2O3. The molecule has 0 aliphatic carbocycles. The molecule has 0 saturated carbocycles. The fourth-order valence-corrected chi connectivity index (χ4v) is 1.49. The van der Waals surface area contributed by atoms with E-state index in [9.17, 15) is 4.79 Å². The minimum atomic E-state index is -0.560. The zero-order valence-corrected chi connectivity index (χ0v) is 10.0. The number of nitrogens with one attached hydrogen (secondary N) is 2. The fraction of sp³-hybridized carbons (Fsp3) is 0.154. The van der Waals surface area contributed by atoms with Gasteiger partial charge in [-0.25, -0.2) is 10.2 Å². The molecule has 2 rings (SSSR count). The lowest BCUT2D eigenvalue weighted by Crippen LogP contribution is -2.36. The van der Waals surface area contributed by atoms with Gasteiger partial charge in [-0.3, -0.25) is 5.43 Å². The van der Waals surface area contributed by atoms with E-state index in [-0.39, 0.29) is 0 Å². The predicted molar refractivity (Wildman–Crippen MR) is 68.5 cm³/mol. The molecule has 0 unspecified atom stereocenters. The largest absolute Gasteiger partial charge is 0.454 e. The van der Waals surface area contributed by atoms with Crippen molar-refractivity contribution in [2.45, 2.75) is 6.92 Å². The number of furan rings is 1. The van der Waals surface area contributed by atoms with Crippen LogP contribution in [-0.4, -0.2) is 12.7 Å². The average Bonchev–Trinajstić information content (AvgIpc) is 2.80. The highest BCUT2D eigenvalue weighted by atomic mass is 16.5. The summed E-state index contributed by atoms with van der Waals surface area (Å²) < 4.78 is 10.3. The summed E-state index contributed by atoms with van der Waals surface area (Å²) in [5.41, 5.74) is 6.21. The van der Waals surface area contributed by atoms with Crippen LogP contribution < -0.4 is 10.9 Å². The molecule has 0 bridgehead atoms. The van der Waals surface area contributed by atoms with Gasteiger partial charge in [-0.15, -0.1) is 0 Å². The maximum atomic E-state index is 11.1. The van der Waals surface area contributed by atoms with Gasteiger partial charge >= 0.3 is 6.09 Å². The van der Waals surface area contributed by atoms with Crippen LogP contribution in [0.25, 0.3) is 16.7 Å². The summed E-state index contributed by atoms with van der Waals surface area (Å²) in [4.78, 5) is 11.1. The zero-order valence-electron chi connectivity index (χ0n) is 10.0. The van der Waals surface area contributed by atoms with E-state index in [1.165, 1.54) is 0 Å². The van der Waals surface area contributed by atoms with Crippen LogP contribution in [0, 0.1) is 0 Å². The molecule has 0 radical (unpaired) electrons. The summed E-state index contributed by atoms with van der Waals surface area (Å²) in [6.45, 7) is 5.82. The van der Waals surface area contributed by atoms with Crippen molar-refractivity contribution in [3.8, 4) is 0 Å². The van der Waals surface area contributed by atoms with Crippen LogP contribution in [0.1, 0.15) is 12.7 Å². The van der Waals surface area contributed by atoms with E-state index >= 15 is 0 Å². The number of hydrogen-bond acceptors (Lipinski definition) is 4. The molecule has 94 valence electrons. The molecule has 2 aromatic rings. The Hall–Kier alpha value is -2.43. The fourth-order valence-electron chi connectivity index (χ4n) is 1.49. The number of benzene rings is 1. The summed E-state index contributed by atoms with van der Waals surface area (Å²) in [5.74, 6) is 0.563. The van der Waals surface area contributed by atoms with Gasteiger partial charge in [0, 0.05) is 5.39 Å². The maximum absolute atomic E-state index is 11.1. The molecule has 1 aromatic heterocycles. The van der Waals surface area contributed by atoms with E-state index in [4.69, 9.17) is 9.15 Å². The third-order valence-corrected chi connectivity index (χ3v) is 2.31. The molecule has 5 nitrogen and oxygen atoms in total. The first-order chi connectivity index (χ1) is 8.70. The molecule has 5 heteroatoms. The van der Waals surface area contributed by atoms with Crippen molar-refractivity contribution in [1.29, 1.82) is 0 Å². The Kier molecular flexibility index (Phi) is 3.52. The minimum Gasteiger partial charge on any atom is -0.454 e. The number of fused-ring (bicyclic) bond motifs is 1. The Morgan fingerprint density at radius 3 is 2.89 bits per heavy atom. The van der Waals surface area contributed by atoms with Crippen LogP contribution in [0.5, 0.6) is 0 Å². The summed E-state index contributed by atoms with van der Waals surface area (Å²) in [7, 11) is 0. The Labute approximate surface area is 104 Å². The quantitative estimate of drug-likeness (QED) is 0.814. The van der Waals surface area contributed by atoms with E-state index in [1.807, 2.05) is 30.3 Å². The molecule has 2 N–H and O–H groups in total. The number of carbonyl (C=O) groups is 1. The van der Waals surface area contributed by atoms with Gasteiger partial charge in [0.25, 0.3) is 0 Å². The van der Waals surface area contributed by atoms with Crippen LogP contribution >= 0.6 is 0 Å². The van der Waals surface area contributed by atoms with Gasteiger partial charge in [-0.05, 0) is 19.1 Å². The minimum absolute atomic E-state index is 0.310. The Balaban J connectivity index is 2.02. The molecule has 1 amide bonds. The number of hydrazine groups is 1. The highest BCUT2D eigenvalue weighted by Crippen LogP contribution is 2.21. The van der Waals surface area contributed by atoms with E-state index in [1.54, 1.807) is 6.92 Å². The molecule has 0 fully saturated rings. The Morgan fingerprint density at radius 1 is 1.39 bits per heavy atom. The Bertz CT molecular complexity index is 541. The van der Waals surface area contributed by atoms with Gasteiger partial charge in [-0.1, -0.05) is 24.8 Å². The third-order valence-electron chi connectivity index (χ3n) is 2.31. The topological polar surface area (TPSA) is 63.5 Å². The molecule has 18 heavy (non-hydrogen) atoms. The highest BCUT2D eigenvalue weighted by Gasteiger charge is 2.07. The normalized spacial score (nSPS) is 10.1. The average molecular weight is 246 g/mol. The van der Waals surface area contributed by atoms with Gasteiger partial charge < -0.3 is 9.15 Å². The third kappa shape index (κ3) is 2.63. The molecule has 0 spiro atoms. The van der Waals surface area contributed by atoms with E-state index in [0.717, 1.165) is 11.0 Å². The number of carbonyl (C=O) groups excluding carboxylic acids is 1. The smallest absolute Gasteiger partial charge is 0.425 e. The molecule has 0 saturated heterocycles. The van der Waals surface area contributed by atoms with Crippen molar-refractivity contribution in [3.05, 3.63) is 42.7 Å². The first kappa shape index (κ1) is 12.0. The summed E-state index contributed by atoms with van der Waals surface area (Å²) >= 11 is 0. The lowest BCUT2D eigenvalue weighted by Gasteiger charge is -2.08. The second kappa shape index (κ2) is 5.27. The number of ether oxygens (including phenoxy) is 1. The van der Waals surface area contributed by atoms with Crippen LogP contribution in [0.15, 0.2) is 41.3 Å². The van der Waals surface area contributed by atoms with Crippen molar-refractivity contribution in [2.75, 3.05) is 6.61 Å². The highest BCUT2D eigenvalue weighted by molar-refractivity contribution is 5.81. The standard InChI is InChI=1S/C13H14N2O3/c1-3-17-13(16)15-14-9(2)12-8-10-6-4-5-7-11(10)18-12/h4-8,14H,2-3H2,1H3,(H,15,16). The molecular weight excluding hydrogens is 232 g/mol. The molecule has 0 aliphatic rings. The van der Waals surface area contributed by atoms with Gasteiger partial charge in [0.1, 0.15) is 5.58 Å². The van der Waals surface area contributed by atoms with Gasteiger partial charge in [0.05, 0.1) is 12.3 Å². The number of rotatable bonds is 4. The van der Waals surface area contributed by atoms with E-state index in [0.29, 0.717) is 18.1 Å². The summed E-state index contributed by atoms with van der Waals surface area (Å²) in [6, 6.07) is 9.47. The number of amides is 1. The van der Waals surface area contributed by atoms with Gasteiger partial charge in [0.15, 0.2) is 5.76 Å². The van der Waals surface area contributed by atoms with Crippen LogP contribution in [0.2, 0.25) is 0 Å².